The molecular weight excluding hydrogens is 274 g/mol. The molecule has 0 aliphatic heterocycles. The van der Waals surface area contributed by atoms with Crippen molar-refractivity contribution in [1.82, 2.24) is 16.2 Å². The maximum atomic E-state index is 6.07. The van der Waals surface area contributed by atoms with Gasteiger partial charge in [0.2, 0.25) is 0 Å². The predicted molar refractivity (Wildman–Crippen MR) is 91.7 cm³/mol. The van der Waals surface area contributed by atoms with Gasteiger partial charge >= 0.3 is 0 Å². The number of benzene rings is 1. The highest BCUT2D eigenvalue weighted by Gasteiger charge is 2.16. The van der Waals surface area contributed by atoms with Crippen LogP contribution in [0.3, 0.4) is 0 Å². The Morgan fingerprint density at radius 3 is 2.91 bits per heavy atom. The molecular formula is C18H29N3O. The minimum Gasteiger partial charge on any atom is -0.490 e. The molecule has 2 rings (SSSR count). The molecule has 0 saturated heterocycles. The van der Waals surface area contributed by atoms with E-state index in [9.17, 15) is 0 Å². The number of hydrogen-bond acceptors (Lipinski definition) is 4. The number of hydrogen-bond donors (Lipinski definition) is 3. The molecule has 1 atom stereocenters. The zero-order valence-electron chi connectivity index (χ0n) is 13.8. The monoisotopic (exact) mass is 303 g/mol. The molecule has 1 unspecified atom stereocenters. The topological polar surface area (TPSA) is 45.3 Å². The van der Waals surface area contributed by atoms with Gasteiger partial charge in [-0.2, -0.15) is 0 Å². The van der Waals surface area contributed by atoms with Gasteiger partial charge in [-0.05, 0) is 62.9 Å². The highest BCUT2D eigenvalue weighted by molar-refractivity contribution is 5.30. The molecule has 1 aliphatic rings. The third-order valence-corrected chi connectivity index (χ3v) is 4.00. The first-order valence-electron chi connectivity index (χ1n) is 8.37. The summed E-state index contributed by atoms with van der Waals surface area (Å²) >= 11 is 0. The summed E-state index contributed by atoms with van der Waals surface area (Å²) < 4.78 is 6.07. The van der Waals surface area contributed by atoms with Crippen molar-refractivity contribution in [1.29, 1.82) is 0 Å². The van der Waals surface area contributed by atoms with Gasteiger partial charge in [-0.1, -0.05) is 18.2 Å². The van der Waals surface area contributed by atoms with E-state index in [1.165, 1.54) is 31.2 Å². The molecule has 1 saturated carbocycles. The molecule has 4 heteroatoms. The van der Waals surface area contributed by atoms with E-state index in [1.54, 1.807) is 0 Å². The Kier molecular flexibility index (Phi) is 7.26. The molecule has 0 radical (unpaired) electrons. The van der Waals surface area contributed by atoms with Crippen molar-refractivity contribution in [2.24, 2.45) is 0 Å². The van der Waals surface area contributed by atoms with Gasteiger partial charge in [0.05, 0.1) is 6.10 Å². The van der Waals surface area contributed by atoms with Gasteiger partial charge in [-0.15, -0.1) is 0 Å². The molecule has 1 fully saturated rings. The van der Waals surface area contributed by atoms with Crippen molar-refractivity contribution in [2.45, 2.75) is 51.2 Å². The number of nitrogens with one attached hydrogen (secondary N) is 3. The van der Waals surface area contributed by atoms with Crippen LogP contribution >= 0.6 is 0 Å². The van der Waals surface area contributed by atoms with E-state index >= 15 is 0 Å². The normalized spacial score (nSPS) is 17.0. The molecule has 1 aromatic rings. The minimum absolute atomic E-state index is 0.250. The first kappa shape index (κ1) is 16.8. The van der Waals surface area contributed by atoms with Gasteiger partial charge in [-0.3, -0.25) is 10.9 Å². The SMILES string of the molecule is CN/C=C/CCNNC(C)c1cccc(OC2CCCC2)c1. The molecule has 0 spiro atoms. The second-order valence-corrected chi connectivity index (χ2v) is 5.87. The predicted octanol–water partition coefficient (Wildman–Crippen LogP) is 3.29. The van der Waals surface area contributed by atoms with Gasteiger partial charge in [0.1, 0.15) is 5.75 Å². The van der Waals surface area contributed by atoms with Crippen LogP contribution in [0.1, 0.15) is 50.6 Å². The zero-order chi connectivity index (χ0) is 15.6. The highest BCUT2D eigenvalue weighted by Crippen LogP contribution is 2.25. The molecule has 3 N–H and O–H groups in total. The molecule has 0 heterocycles. The quantitative estimate of drug-likeness (QED) is 0.484. The van der Waals surface area contributed by atoms with Crippen LogP contribution in [-0.2, 0) is 0 Å². The van der Waals surface area contributed by atoms with E-state index < -0.39 is 0 Å². The van der Waals surface area contributed by atoms with E-state index in [0.717, 1.165) is 18.7 Å². The number of rotatable bonds is 9. The Labute approximate surface area is 134 Å². The Bertz CT molecular complexity index is 455. The average Bonchev–Trinajstić information content (AvgIpc) is 3.04. The molecule has 22 heavy (non-hydrogen) atoms. The fourth-order valence-corrected chi connectivity index (χ4v) is 2.72. The van der Waals surface area contributed by atoms with Crippen molar-refractivity contribution in [2.75, 3.05) is 13.6 Å². The molecule has 4 nitrogen and oxygen atoms in total. The van der Waals surface area contributed by atoms with Crippen LogP contribution in [0.2, 0.25) is 0 Å². The van der Waals surface area contributed by atoms with Gasteiger partial charge < -0.3 is 10.1 Å². The molecule has 1 aromatic carbocycles. The highest BCUT2D eigenvalue weighted by atomic mass is 16.5. The summed E-state index contributed by atoms with van der Waals surface area (Å²) in [7, 11) is 1.91. The van der Waals surface area contributed by atoms with E-state index in [1.807, 2.05) is 13.2 Å². The third-order valence-electron chi connectivity index (χ3n) is 4.00. The average molecular weight is 303 g/mol. The molecule has 1 aliphatic carbocycles. The molecule has 0 aromatic heterocycles. The maximum Gasteiger partial charge on any atom is 0.120 e. The lowest BCUT2D eigenvalue weighted by Gasteiger charge is -2.18. The fraction of sp³-hybridized carbons (Fsp3) is 0.556. The van der Waals surface area contributed by atoms with E-state index in [4.69, 9.17) is 4.74 Å². The fourth-order valence-electron chi connectivity index (χ4n) is 2.72. The Hall–Kier alpha value is -1.52. The smallest absolute Gasteiger partial charge is 0.120 e. The molecule has 0 bridgehead atoms. The summed E-state index contributed by atoms with van der Waals surface area (Å²) in [5.41, 5.74) is 7.85. The van der Waals surface area contributed by atoms with Gasteiger partial charge in [0, 0.05) is 19.6 Å². The second kappa shape index (κ2) is 9.49. The first-order chi connectivity index (χ1) is 10.8. The van der Waals surface area contributed by atoms with E-state index in [-0.39, 0.29) is 6.04 Å². The van der Waals surface area contributed by atoms with Crippen molar-refractivity contribution < 1.29 is 4.74 Å². The van der Waals surface area contributed by atoms with Crippen LogP contribution < -0.4 is 20.9 Å². The van der Waals surface area contributed by atoms with Crippen molar-refractivity contribution in [3.63, 3.8) is 0 Å². The Balaban J connectivity index is 1.76. The maximum absolute atomic E-state index is 6.07. The summed E-state index contributed by atoms with van der Waals surface area (Å²) in [5.74, 6) is 0.995. The molecule has 0 amide bonds. The van der Waals surface area contributed by atoms with Crippen LogP contribution in [0.25, 0.3) is 0 Å². The minimum atomic E-state index is 0.250. The Morgan fingerprint density at radius 2 is 2.14 bits per heavy atom. The largest absolute Gasteiger partial charge is 0.490 e. The number of hydrazine groups is 1. The molecule has 122 valence electrons. The number of ether oxygens (including phenoxy) is 1. The van der Waals surface area contributed by atoms with Crippen molar-refractivity contribution in [3.8, 4) is 5.75 Å². The lowest BCUT2D eigenvalue weighted by molar-refractivity contribution is 0.209. The van der Waals surface area contributed by atoms with Crippen LogP contribution in [0, 0.1) is 0 Å². The van der Waals surface area contributed by atoms with Gasteiger partial charge in [0.25, 0.3) is 0 Å². The van der Waals surface area contributed by atoms with Crippen molar-refractivity contribution in [3.05, 3.63) is 42.1 Å². The second-order valence-electron chi connectivity index (χ2n) is 5.87. The lowest BCUT2D eigenvalue weighted by atomic mass is 10.1. The summed E-state index contributed by atoms with van der Waals surface area (Å²) in [6.07, 6.45) is 10.5. The van der Waals surface area contributed by atoms with E-state index in [2.05, 4.69) is 53.4 Å². The van der Waals surface area contributed by atoms with Crippen LogP contribution in [0.15, 0.2) is 36.5 Å². The van der Waals surface area contributed by atoms with Gasteiger partial charge in [-0.25, -0.2) is 0 Å². The van der Waals surface area contributed by atoms with Crippen LogP contribution in [0.4, 0.5) is 0 Å². The Morgan fingerprint density at radius 1 is 1.32 bits per heavy atom. The van der Waals surface area contributed by atoms with Crippen molar-refractivity contribution >= 4 is 0 Å². The van der Waals surface area contributed by atoms with Crippen LogP contribution in [0.5, 0.6) is 5.75 Å². The van der Waals surface area contributed by atoms with Crippen LogP contribution in [-0.4, -0.2) is 19.7 Å². The summed E-state index contributed by atoms with van der Waals surface area (Å²) in [4.78, 5) is 0. The zero-order valence-corrected chi connectivity index (χ0v) is 13.8. The van der Waals surface area contributed by atoms with E-state index in [0.29, 0.717) is 6.10 Å². The first-order valence-corrected chi connectivity index (χ1v) is 8.37. The summed E-state index contributed by atoms with van der Waals surface area (Å²) in [5, 5.41) is 2.99. The van der Waals surface area contributed by atoms with Gasteiger partial charge in [0.15, 0.2) is 0 Å². The lowest BCUT2D eigenvalue weighted by Crippen LogP contribution is -2.34. The summed E-state index contributed by atoms with van der Waals surface area (Å²) in [6, 6.07) is 8.68. The summed E-state index contributed by atoms with van der Waals surface area (Å²) in [6.45, 7) is 3.06. The third kappa shape index (κ3) is 5.70. The standard InChI is InChI=1S/C18H29N3O/c1-15(21-20-13-6-5-12-19-2)16-8-7-11-18(14-16)22-17-9-3-4-10-17/h5,7-8,11-12,14-15,17,19-21H,3-4,6,9-10,13H2,1-2H3/b12-5+.